The molecule has 0 aliphatic carbocycles. The van der Waals surface area contributed by atoms with Crippen molar-refractivity contribution in [1.29, 1.82) is 0 Å². The average Bonchev–Trinajstić information content (AvgIpc) is 3.10. The van der Waals surface area contributed by atoms with E-state index in [2.05, 4.69) is 20.5 Å². The van der Waals surface area contributed by atoms with E-state index in [-0.39, 0.29) is 11.9 Å². The lowest BCUT2D eigenvalue weighted by atomic mass is 10.1. The minimum Gasteiger partial charge on any atom is -0.497 e. The molecule has 0 spiro atoms. The van der Waals surface area contributed by atoms with Crippen LogP contribution in [0.4, 0.5) is 5.69 Å². The number of benzene rings is 2. The molecule has 0 saturated heterocycles. The largest absolute Gasteiger partial charge is 0.497 e. The first-order chi connectivity index (χ1) is 13.0. The van der Waals surface area contributed by atoms with Crippen LogP contribution in [0.25, 0.3) is 10.9 Å². The second-order valence-corrected chi connectivity index (χ2v) is 5.88. The molecule has 1 heterocycles. The number of fused-ring (bicyclic) bond motifs is 1. The van der Waals surface area contributed by atoms with Crippen molar-refractivity contribution in [3.63, 3.8) is 0 Å². The maximum atomic E-state index is 12.5. The highest BCUT2D eigenvalue weighted by Gasteiger charge is 2.10. The number of amides is 1. The van der Waals surface area contributed by atoms with Crippen LogP contribution in [-0.4, -0.2) is 29.7 Å². The van der Waals surface area contributed by atoms with Crippen LogP contribution in [0, 0.1) is 0 Å². The summed E-state index contributed by atoms with van der Waals surface area (Å²) in [7, 11) is 1.60. The number of guanidine groups is 1. The van der Waals surface area contributed by atoms with E-state index in [4.69, 9.17) is 16.2 Å². The Hall–Kier alpha value is -3.81. The van der Waals surface area contributed by atoms with Crippen LogP contribution in [0.3, 0.4) is 0 Å². The van der Waals surface area contributed by atoms with Crippen molar-refractivity contribution in [2.24, 2.45) is 21.7 Å². The van der Waals surface area contributed by atoms with E-state index in [9.17, 15) is 4.79 Å². The standard InChI is InChI=1S/C19H20N6O2/c1-11(24-25-19(20)21)12-3-6-14(7-4-12)22-18(26)17-9-13-5-8-15(27-2)10-16(13)23-17/h3-10,23H,1-2H3,(H,22,26)(H4,20,21,25)/b24-11-. The molecule has 3 rings (SSSR count). The minimum absolute atomic E-state index is 0.103. The van der Waals surface area contributed by atoms with Gasteiger partial charge in [-0.1, -0.05) is 12.1 Å². The van der Waals surface area contributed by atoms with Gasteiger partial charge in [0.25, 0.3) is 5.91 Å². The number of anilines is 1. The Kier molecular flexibility index (Phi) is 5.07. The number of nitrogens with one attached hydrogen (secondary N) is 2. The van der Waals surface area contributed by atoms with Crippen LogP contribution in [0.1, 0.15) is 23.0 Å². The average molecular weight is 364 g/mol. The molecule has 0 atom stereocenters. The Balaban J connectivity index is 1.74. The van der Waals surface area contributed by atoms with E-state index in [0.717, 1.165) is 22.2 Å². The SMILES string of the molecule is COc1ccc2cc(C(=O)Nc3ccc(/C(C)=N\N=C(N)N)cc3)[nH]c2c1. The van der Waals surface area contributed by atoms with E-state index >= 15 is 0 Å². The van der Waals surface area contributed by atoms with E-state index in [1.807, 2.05) is 30.3 Å². The number of hydrogen-bond donors (Lipinski definition) is 4. The van der Waals surface area contributed by atoms with Crippen LogP contribution in [0.5, 0.6) is 5.75 Å². The fourth-order valence-corrected chi connectivity index (χ4v) is 2.54. The Labute approximate surface area is 155 Å². The predicted octanol–water partition coefficient (Wildman–Crippen LogP) is 2.43. The van der Waals surface area contributed by atoms with Gasteiger partial charge in [0.15, 0.2) is 0 Å². The van der Waals surface area contributed by atoms with Crippen molar-refractivity contribution >= 4 is 34.2 Å². The molecule has 0 radical (unpaired) electrons. The fraction of sp³-hybridized carbons (Fsp3) is 0.105. The number of nitrogens with zero attached hydrogens (tertiary/aromatic N) is 2. The van der Waals surface area contributed by atoms with Gasteiger partial charge in [-0.25, -0.2) is 0 Å². The summed E-state index contributed by atoms with van der Waals surface area (Å²) in [5.74, 6) is 0.391. The van der Waals surface area contributed by atoms with Crippen molar-refractivity contribution in [3.05, 3.63) is 59.8 Å². The zero-order chi connectivity index (χ0) is 19.4. The molecule has 0 saturated carbocycles. The molecule has 6 N–H and O–H groups in total. The summed E-state index contributed by atoms with van der Waals surface area (Å²) in [4.78, 5) is 15.6. The first-order valence-corrected chi connectivity index (χ1v) is 8.18. The third-order valence-electron chi connectivity index (χ3n) is 3.95. The van der Waals surface area contributed by atoms with Gasteiger partial charge in [-0.15, -0.1) is 5.10 Å². The first kappa shape index (κ1) is 18.0. The lowest BCUT2D eigenvalue weighted by Crippen LogP contribution is -2.22. The summed E-state index contributed by atoms with van der Waals surface area (Å²) in [5.41, 5.74) is 14.0. The molecule has 2 aromatic carbocycles. The third kappa shape index (κ3) is 4.24. The summed E-state index contributed by atoms with van der Waals surface area (Å²) < 4.78 is 5.20. The molecule has 0 bridgehead atoms. The second-order valence-electron chi connectivity index (χ2n) is 5.88. The van der Waals surface area contributed by atoms with Crippen LogP contribution in [0.15, 0.2) is 58.7 Å². The highest BCUT2D eigenvalue weighted by Crippen LogP contribution is 2.22. The number of aromatic nitrogens is 1. The number of rotatable bonds is 5. The zero-order valence-corrected chi connectivity index (χ0v) is 15.0. The van der Waals surface area contributed by atoms with Gasteiger partial charge in [0.1, 0.15) is 11.4 Å². The van der Waals surface area contributed by atoms with Crippen molar-refractivity contribution in [2.75, 3.05) is 12.4 Å². The van der Waals surface area contributed by atoms with Gasteiger partial charge < -0.3 is 26.5 Å². The van der Waals surface area contributed by atoms with Gasteiger partial charge in [0.2, 0.25) is 5.96 Å². The van der Waals surface area contributed by atoms with Gasteiger partial charge in [-0.05, 0) is 42.8 Å². The van der Waals surface area contributed by atoms with Crippen molar-refractivity contribution in [3.8, 4) is 5.75 Å². The highest BCUT2D eigenvalue weighted by molar-refractivity contribution is 6.06. The number of hydrogen-bond acceptors (Lipinski definition) is 4. The fourth-order valence-electron chi connectivity index (χ4n) is 2.54. The molecule has 1 aromatic heterocycles. The van der Waals surface area contributed by atoms with E-state index in [1.54, 1.807) is 32.2 Å². The smallest absolute Gasteiger partial charge is 0.272 e. The molecule has 0 unspecified atom stereocenters. The second kappa shape index (κ2) is 7.61. The molecule has 27 heavy (non-hydrogen) atoms. The molecule has 138 valence electrons. The van der Waals surface area contributed by atoms with E-state index in [1.165, 1.54) is 0 Å². The van der Waals surface area contributed by atoms with Crippen molar-refractivity contribution in [1.82, 2.24) is 4.98 Å². The molecule has 1 amide bonds. The zero-order valence-electron chi connectivity index (χ0n) is 15.0. The lowest BCUT2D eigenvalue weighted by Gasteiger charge is -2.05. The van der Waals surface area contributed by atoms with Crippen LogP contribution in [0.2, 0.25) is 0 Å². The summed E-state index contributed by atoms with van der Waals surface area (Å²) in [6.07, 6.45) is 0. The lowest BCUT2D eigenvalue weighted by molar-refractivity contribution is 0.102. The van der Waals surface area contributed by atoms with Crippen molar-refractivity contribution < 1.29 is 9.53 Å². The summed E-state index contributed by atoms with van der Waals surface area (Å²) in [6, 6.07) is 14.6. The molecule has 0 aliphatic heterocycles. The molecule has 0 aliphatic rings. The van der Waals surface area contributed by atoms with Crippen molar-refractivity contribution in [2.45, 2.75) is 6.92 Å². The van der Waals surface area contributed by atoms with Gasteiger partial charge in [-0.2, -0.15) is 5.10 Å². The number of nitrogens with two attached hydrogens (primary N) is 2. The third-order valence-corrected chi connectivity index (χ3v) is 3.95. The van der Waals surface area contributed by atoms with Gasteiger partial charge in [0, 0.05) is 22.7 Å². The molecule has 8 heteroatoms. The first-order valence-electron chi connectivity index (χ1n) is 8.18. The predicted molar refractivity (Wildman–Crippen MR) is 107 cm³/mol. The molecular weight excluding hydrogens is 344 g/mol. The topological polar surface area (TPSA) is 131 Å². The van der Waals surface area contributed by atoms with Gasteiger partial charge in [-0.3, -0.25) is 4.79 Å². The van der Waals surface area contributed by atoms with Crippen LogP contribution in [-0.2, 0) is 0 Å². The normalized spacial score (nSPS) is 11.3. The van der Waals surface area contributed by atoms with Gasteiger partial charge in [0.05, 0.1) is 12.8 Å². The summed E-state index contributed by atoms with van der Waals surface area (Å²) in [6.45, 7) is 1.79. The Morgan fingerprint density at radius 2 is 1.81 bits per heavy atom. The quantitative estimate of drug-likeness (QED) is 0.314. The maximum Gasteiger partial charge on any atom is 0.272 e. The Morgan fingerprint density at radius 1 is 1.07 bits per heavy atom. The maximum absolute atomic E-state index is 12.5. The van der Waals surface area contributed by atoms with E-state index < -0.39 is 0 Å². The summed E-state index contributed by atoms with van der Waals surface area (Å²) >= 11 is 0. The van der Waals surface area contributed by atoms with Crippen LogP contribution < -0.4 is 21.5 Å². The Bertz CT molecular complexity index is 1030. The highest BCUT2D eigenvalue weighted by atomic mass is 16.5. The van der Waals surface area contributed by atoms with Gasteiger partial charge >= 0.3 is 0 Å². The number of carbonyl (C=O) groups is 1. The number of ether oxygens (including phenoxy) is 1. The minimum atomic E-state index is -0.233. The molecular formula is C19H20N6O2. The van der Waals surface area contributed by atoms with E-state index in [0.29, 0.717) is 17.1 Å². The number of H-pyrrole nitrogens is 1. The monoisotopic (exact) mass is 364 g/mol. The molecule has 3 aromatic rings. The number of carbonyl (C=O) groups excluding carboxylic acids is 1. The molecule has 8 nitrogen and oxygen atoms in total. The Morgan fingerprint density at radius 3 is 2.48 bits per heavy atom. The van der Waals surface area contributed by atoms with Crippen LogP contribution >= 0.6 is 0 Å². The molecule has 0 fully saturated rings. The number of aromatic amines is 1. The summed E-state index contributed by atoms with van der Waals surface area (Å²) in [5, 5.41) is 11.3. The number of methoxy groups -OCH3 is 1.